The van der Waals surface area contributed by atoms with Crippen molar-refractivity contribution in [2.24, 2.45) is 14.1 Å². The van der Waals surface area contributed by atoms with E-state index in [-0.39, 0.29) is 0 Å². The number of hydrogen-bond donors (Lipinski definition) is 2. The molecule has 5 rings (SSSR count). The van der Waals surface area contributed by atoms with E-state index in [0.29, 0.717) is 11.8 Å². The highest BCUT2D eigenvalue weighted by Gasteiger charge is 2.08. The van der Waals surface area contributed by atoms with Crippen molar-refractivity contribution in [1.29, 1.82) is 0 Å². The zero-order chi connectivity index (χ0) is 20.8. The summed E-state index contributed by atoms with van der Waals surface area (Å²) in [5.41, 5.74) is 5.99. The van der Waals surface area contributed by atoms with Crippen molar-refractivity contribution in [2.75, 3.05) is 10.6 Å². The molecule has 8 nitrogen and oxygen atoms in total. The number of aryl methyl sites for hydroxylation is 4. The molecule has 0 fully saturated rings. The number of nitrogens with zero attached hydrogens (tertiary/aromatic N) is 6. The molecule has 0 aliphatic carbocycles. The van der Waals surface area contributed by atoms with E-state index in [4.69, 9.17) is 0 Å². The summed E-state index contributed by atoms with van der Waals surface area (Å²) in [6, 6.07) is 14.0. The molecular formula is C22H22N8. The molecule has 0 amide bonds. The third kappa shape index (κ3) is 3.12. The average Bonchev–Trinajstić information content (AvgIpc) is 3.17. The van der Waals surface area contributed by atoms with E-state index in [9.17, 15) is 0 Å². The van der Waals surface area contributed by atoms with Gasteiger partial charge in [-0.3, -0.25) is 9.36 Å². The first kappa shape index (κ1) is 18.1. The predicted molar refractivity (Wildman–Crippen MR) is 119 cm³/mol. The lowest BCUT2D eigenvalue weighted by molar-refractivity contribution is 0.751. The zero-order valence-corrected chi connectivity index (χ0v) is 17.3. The van der Waals surface area contributed by atoms with Crippen LogP contribution in [0, 0.1) is 13.8 Å². The molecule has 3 aromatic heterocycles. The van der Waals surface area contributed by atoms with Gasteiger partial charge in [-0.2, -0.15) is 15.2 Å². The highest BCUT2D eigenvalue weighted by atomic mass is 15.3. The van der Waals surface area contributed by atoms with Gasteiger partial charge < -0.3 is 10.6 Å². The van der Waals surface area contributed by atoms with Gasteiger partial charge in [0.1, 0.15) is 5.82 Å². The first-order valence-corrected chi connectivity index (χ1v) is 9.72. The van der Waals surface area contributed by atoms with Crippen LogP contribution in [0.15, 0.2) is 48.7 Å². The van der Waals surface area contributed by atoms with Gasteiger partial charge in [0.15, 0.2) is 0 Å². The van der Waals surface area contributed by atoms with Crippen LogP contribution in [-0.4, -0.2) is 29.5 Å². The van der Waals surface area contributed by atoms with Crippen molar-refractivity contribution >= 4 is 44.9 Å². The minimum atomic E-state index is 0.516. The molecular weight excluding hydrogens is 376 g/mol. The SMILES string of the molecule is Cc1c2ccc(Nc3ccnc(Nc4ccc5c(C)n(C)nc5c4)n3)cc2nn1C. The van der Waals surface area contributed by atoms with Gasteiger partial charge in [-0.1, -0.05) is 0 Å². The Morgan fingerprint density at radius 2 is 1.30 bits per heavy atom. The Hall–Kier alpha value is -3.94. The molecule has 0 spiro atoms. The molecule has 0 unspecified atom stereocenters. The summed E-state index contributed by atoms with van der Waals surface area (Å²) in [6.45, 7) is 4.12. The van der Waals surface area contributed by atoms with Crippen LogP contribution in [0.3, 0.4) is 0 Å². The lowest BCUT2D eigenvalue weighted by Crippen LogP contribution is -2.00. The summed E-state index contributed by atoms with van der Waals surface area (Å²) in [5, 5.41) is 18.0. The summed E-state index contributed by atoms with van der Waals surface area (Å²) in [6.07, 6.45) is 1.73. The van der Waals surface area contributed by atoms with Gasteiger partial charge in [0.2, 0.25) is 5.95 Å². The van der Waals surface area contributed by atoms with Crippen LogP contribution in [0.1, 0.15) is 11.4 Å². The van der Waals surface area contributed by atoms with Crippen molar-refractivity contribution in [3.63, 3.8) is 0 Å². The van der Waals surface area contributed by atoms with Gasteiger partial charge in [-0.15, -0.1) is 0 Å². The number of rotatable bonds is 4. The van der Waals surface area contributed by atoms with E-state index >= 15 is 0 Å². The van der Waals surface area contributed by atoms with Crippen molar-refractivity contribution in [3.05, 3.63) is 60.0 Å². The Bertz CT molecular complexity index is 1290. The Balaban J connectivity index is 1.39. The number of anilines is 4. The van der Waals surface area contributed by atoms with Crippen molar-refractivity contribution in [3.8, 4) is 0 Å². The monoisotopic (exact) mass is 398 g/mol. The highest BCUT2D eigenvalue weighted by molar-refractivity contribution is 5.86. The topological polar surface area (TPSA) is 85.5 Å². The summed E-state index contributed by atoms with van der Waals surface area (Å²) < 4.78 is 3.77. The predicted octanol–water partition coefficient (Wildman–Crippen LogP) is 4.35. The summed E-state index contributed by atoms with van der Waals surface area (Å²) >= 11 is 0. The second-order valence-corrected chi connectivity index (χ2v) is 7.40. The Labute approximate surface area is 173 Å². The van der Waals surface area contributed by atoms with Gasteiger partial charge in [-0.25, -0.2) is 4.98 Å². The van der Waals surface area contributed by atoms with E-state index in [0.717, 1.165) is 44.6 Å². The molecule has 2 N–H and O–H groups in total. The number of fused-ring (bicyclic) bond motifs is 2. The summed E-state index contributed by atoms with van der Waals surface area (Å²) in [4.78, 5) is 8.92. The molecule has 3 heterocycles. The molecule has 0 saturated heterocycles. The molecule has 30 heavy (non-hydrogen) atoms. The standard InChI is InChI=1S/C22H22N8/c1-13-17-7-5-15(11-19(17)27-29(13)3)24-21-9-10-23-22(26-21)25-16-6-8-18-14(2)30(4)28-20(18)12-16/h5-12H,1-4H3,(H2,23,24,25,26). The number of hydrogen-bond acceptors (Lipinski definition) is 6. The van der Waals surface area contributed by atoms with E-state index < -0.39 is 0 Å². The van der Waals surface area contributed by atoms with Gasteiger partial charge in [0, 0.05) is 53.8 Å². The van der Waals surface area contributed by atoms with Crippen molar-refractivity contribution < 1.29 is 0 Å². The lowest BCUT2D eigenvalue weighted by Gasteiger charge is -2.08. The molecule has 8 heteroatoms. The second kappa shape index (κ2) is 6.84. The van der Waals surface area contributed by atoms with Gasteiger partial charge >= 0.3 is 0 Å². The van der Waals surface area contributed by atoms with Crippen LogP contribution in [0.2, 0.25) is 0 Å². The molecule has 0 aliphatic heterocycles. The zero-order valence-electron chi connectivity index (χ0n) is 17.3. The Morgan fingerprint density at radius 1 is 0.733 bits per heavy atom. The molecule has 2 aromatic carbocycles. The molecule has 0 bridgehead atoms. The fourth-order valence-electron chi connectivity index (χ4n) is 3.58. The highest BCUT2D eigenvalue weighted by Crippen LogP contribution is 2.25. The molecule has 150 valence electrons. The van der Waals surface area contributed by atoms with Crippen molar-refractivity contribution in [1.82, 2.24) is 29.5 Å². The van der Waals surface area contributed by atoms with Crippen LogP contribution < -0.4 is 10.6 Å². The maximum Gasteiger partial charge on any atom is 0.229 e. The molecule has 0 radical (unpaired) electrons. The van der Waals surface area contributed by atoms with Crippen molar-refractivity contribution in [2.45, 2.75) is 13.8 Å². The maximum absolute atomic E-state index is 4.58. The summed E-state index contributed by atoms with van der Waals surface area (Å²) in [5.74, 6) is 1.22. The quantitative estimate of drug-likeness (QED) is 0.468. The van der Waals surface area contributed by atoms with Gasteiger partial charge in [-0.05, 0) is 56.3 Å². The van der Waals surface area contributed by atoms with E-state index in [1.807, 2.05) is 53.8 Å². The van der Waals surface area contributed by atoms with Crippen LogP contribution in [0.5, 0.6) is 0 Å². The second-order valence-electron chi connectivity index (χ2n) is 7.40. The van der Waals surface area contributed by atoms with E-state index in [1.165, 1.54) is 0 Å². The Kier molecular flexibility index (Phi) is 4.13. The van der Waals surface area contributed by atoms with Crippen LogP contribution >= 0.6 is 0 Å². The summed E-state index contributed by atoms with van der Waals surface area (Å²) in [7, 11) is 3.90. The normalized spacial score (nSPS) is 11.3. The minimum Gasteiger partial charge on any atom is -0.340 e. The fourth-order valence-corrected chi connectivity index (χ4v) is 3.58. The maximum atomic E-state index is 4.58. The molecule has 0 aliphatic rings. The molecule has 0 atom stereocenters. The third-order valence-electron chi connectivity index (χ3n) is 5.45. The molecule has 5 aromatic rings. The first-order chi connectivity index (χ1) is 14.5. The van der Waals surface area contributed by atoms with Crippen LogP contribution in [-0.2, 0) is 14.1 Å². The fraction of sp³-hybridized carbons (Fsp3) is 0.182. The minimum absolute atomic E-state index is 0.516. The van der Waals surface area contributed by atoms with Crippen LogP contribution in [0.4, 0.5) is 23.1 Å². The van der Waals surface area contributed by atoms with Gasteiger partial charge in [0.25, 0.3) is 0 Å². The third-order valence-corrected chi connectivity index (χ3v) is 5.45. The average molecular weight is 398 g/mol. The number of nitrogens with one attached hydrogen (secondary N) is 2. The lowest BCUT2D eigenvalue weighted by atomic mass is 10.2. The van der Waals surface area contributed by atoms with Gasteiger partial charge in [0.05, 0.1) is 11.0 Å². The van der Waals surface area contributed by atoms with Crippen LogP contribution in [0.25, 0.3) is 21.8 Å². The van der Waals surface area contributed by atoms with E-state index in [2.05, 4.69) is 56.8 Å². The molecule has 0 saturated carbocycles. The smallest absolute Gasteiger partial charge is 0.229 e. The number of aromatic nitrogens is 6. The first-order valence-electron chi connectivity index (χ1n) is 9.72. The Morgan fingerprint density at radius 3 is 1.90 bits per heavy atom. The van der Waals surface area contributed by atoms with E-state index in [1.54, 1.807) is 6.20 Å². The number of benzene rings is 2. The largest absolute Gasteiger partial charge is 0.340 e.